The lowest BCUT2D eigenvalue weighted by molar-refractivity contribution is -0.0916. The fourth-order valence-corrected chi connectivity index (χ4v) is 5.38. The number of aromatic nitrogens is 3. The monoisotopic (exact) mass is 569 g/mol. The van der Waals surface area contributed by atoms with Crippen LogP contribution in [0.3, 0.4) is 0 Å². The van der Waals surface area contributed by atoms with E-state index in [1.54, 1.807) is 29.0 Å². The molecule has 41 heavy (non-hydrogen) atoms. The van der Waals surface area contributed by atoms with Crippen LogP contribution in [-0.4, -0.2) is 49.0 Å². The van der Waals surface area contributed by atoms with E-state index in [9.17, 15) is 15.0 Å². The zero-order valence-electron chi connectivity index (χ0n) is 22.4. The topological polar surface area (TPSA) is 107 Å². The first-order chi connectivity index (χ1) is 19.8. The van der Waals surface area contributed by atoms with E-state index in [0.717, 1.165) is 22.3 Å². The summed E-state index contributed by atoms with van der Waals surface area (Å²) in [5.74, 6) is -0.576. The molecule has 1 saturated heterocycles. The number of aliphatic hydroxyl groups is 2. The molecule has 0 spiro atoms. The minimum atomic E-state index is -1.37. The van der Waals surface area contributed by atoms with Gasteiger partial charge < -0.3 is 24.3 Å². The van der Waals surface area contributed by atoms with E-state index in [2.05, 4.69) is 9.97 Å². The number of hydrogen-bond acceptors (Lipinski definition) is 7. The average Bonchev–Trinajstić information content (AvgIpc) is 3.55. The second kappa shape index (κ2) is 11.1. The van der Waals surface area contributed by atoms with Gasteiger partial charge >= 0.3 is 5.97 Å². The van der Waals surface area contributed by atoms with Crippen molar-refractivity contribution in [2.45, 2.75) is 44.5 Å². The Labute approximate surface area is 241 Å². The lowest BCUT2D eigenvalue weighted by atomic mass is 9.96. The number of carbonyl (C=O) groups excluding carboxylic acids is 1. The van der Waals surface area contributed by atoms with Gasteiger partial charge in [0, 0.05) is 6.20 Å². The number of aliphatic hydroxyl groups excluding tert-OH is 2. The van der Waals surface area contributed by atoms with Crippen molar-refractivity contribution in [1.82, 2.24) is 14.5 Å². The number of ether oxygens (including phenoxy) is 2. The van der Waals surface area contributed by atoms with E-state index in [0.29, 0.717) is 22.2 Å². The van der Waals surface area contributed by atoms with E-state index in [4.69, 9.17) is 21.1 Å². The minimum Gasteiger partial charge on any atom is -0.451 e. The molecule has 0 aliphatic carbocycles. The van der Waals surface area contributed by atoms with Gasteiger partial charge in [-0.15, -0.1) is 0 Å². The van der Waals surface area contributed by atoms with Crippen molar-refractivity contribution in [3.8, 4) is 11.1 Å². The predicted octanol–water partition coefficient (Wildman–Crippen LogP) is 5.59. The SMILES string of the molecule is Cc1ccc([C@@H](OC(=O)c2ccc(-c3ccccc3)cc2)[C@H]2O[C@@H](n3ccc4c(Cl)ncnc43)[C@H](O)[C@@H]2O)cc1C. The molecule has 2 aromatic heterocycles. The first-order valence-electron chi connectivity index (χ1n) is 13.2. The molecule has 1 aliphatic heterocycles. The number of esters is 1. The highest BCUT2D eigenvalue weighted by molar-refractivity contribution is 6.33. The minimum absolute atomic E-state index is 0.263. The molecule has 5 atom stereocenters. The van der Waals surface area contributed by atoms with Crippen LogP contribution < -0.4 is 0 Å². The van der Waals surface area contributed by atoms with E-state index in [1.165, 1.54) is 6.33 Å². The molecule has 5 aromatic rings. The fraction of sp³-hybridized carbons (Fsp3) is 0.219. The van der Waals surface area contributed by atoms with Gasteiger partial charge in [0.15, 0.2) is 12.3 Å². The second-order valence-electron chi connectivity index (χ2n) is 10.2. The number of hydrogen-bond donors (Lipinski definition) is 2. The summed E-state index contributed by atoms with van der Waals surface area (Å²) in [6.07, 6.45) is -2.79. The summed E-state index contributed by atoms with van der Waals surface area (Å²) in [5, 5.41) is 23.2. The van der Waals surface area contributed by atoms with Crippen molar-refractivity contribution in [1.29, 1.82) is 0 Å². The molecule has 1 fully saturated rings. The quantitative estimate of drug-likeness (QED) is 0.203. The molecule has 6 rings (SSSR count). The van der Waals surface area contributed by atoms with Crippen LogP contribution in [0.4, 0.5) is 0 Å². The van der Waals surface area contributed by atoms with Crippen molar-refractivity contribution >= 4 is 28.6 Å². The molecule has 9 heteroatoms. The number of nitrogens with zero attached hydrogens (tertiary/aromatic N) is 3. The predicted molar refractivity (Wildman–Crippen MR) is 154 cm³/mol. The number of fused-ring (bicyclic) bond motifs is 1. The third-order valence-corrected chi connectivity index (χ3v) is 7.93. The summed E-state index contributed by atoms with van der Waals surface area (Å²) in [4.78, 5) is 21.7. The van der Waals surface area contributed by atoms with Gasteiger partial charge in [-0.2, -0.15) is 0 Å². The highest BCUT2D eigenvalue weighted by Gasteiger charge is 2.49. The maximum absolute atomic E-state index is 13.4. The van der Waals surface area contributed by atoms with Crippen LogP contribution in [0.2, 0.25) is 5.15 Å². The zero-order chi connectivity index (χ0) is 28.7. The third kappa shape index (κ3) is 5.11. The normalized spacial score (nSPS) is 21.2. The number of rotatable bonds is 6. The molecule has 0 bridgehead atoms. The van der Waals surface area contributed by atoms with Gasteiger partial charge in [0.2, 0.25) is 0 Å². The fourth-order valence-electron chi connectivity index (χ4n) is 5.19. The molecule has 0 saturated carbocycles. The van der Waals surface area contributed by atoms with Crippen LogP contribution in [0, 0.1) is 13.8 Å². The van der Waals surface area contributed by atoms with Crippen LogP contribution in [0.1, 0.15) is 39.4 Å². The molecular weight excluding hydrogens is 542 g/mol. The Morgan fingerprint density at radius 1 is 0.927 bits per heavy atom. The van der Waals surface area contributed by atoms with Gasteiger partial charge in [-0.3, -0.25) is 0 Å². The highest BCUT2D eigenvalue weighted by atomic mass is 35.5. The number of halogens is 1. The van der Waals surface area contributed by atoms with Crippen molar-refractivity contribution in [3.05, 3.63) is 119 Å². The average molecular weight is 570 g/mol. The molecule has 0 radical (unpaired) electrons. The summed E-state index contributed by atoms with van der Waals surface area (Å²) in [6.45, 7) is 3.94. The van der Waals surface area contributed by atoms with Crippen LogP contribution in [0.5, 0.6) is 0 Å². The number of carbonyl (C=O) groups is 1. The van der Waals surface area contributed by atoms with E-state index >= 15 is 0 Å². The molecule has 3 heterocycles. The first kappa shape index (κ1) is 27.1. The summed E-state index contributed by atoms with van der Waals surface area (Å²) < 4.78 is 13.9. The zero-order valence-corrected chi connectivity index (χ0v) is 23.1. The van der Waals surface area contributed by atoms with Gasteiger partial charge in [0.05, 0.1) is 10.9 Å². The second-order valence-corrected chi connectivity index (χ2v) is 10.6. The standard InChI is InChI=1S/C32H28ClN3O5/c1-18-8-9-23(16-19(18)2)27(41-32(39)22-12-10-21(11-13-22)20-6-4-3-5-7-20)28-25(37)26(38)31(40-28)36-15-14-24-29(33)34-17-35-30(24)36/h3-17,25-28,31,37-38H,1-2H3/t25-,26+,27+,28-,31+/m0/s1. The molecule has 0 unspecified atom stereocenters. The van der Waals surface area contributed by atoms with Gasteiger partial charge in [-0.25, -0.2) is 14.8 Å². The lowest BCUT2D eigenvalue weighted by Gasteiger charge is -2.27. The van der Waals surface area contributed by atoms with E-state index < -0.39 is 36.6 Å². The molecular formula is C32H28ClN3O5. The largest absolute Gasteiger partial charge is 0.451 e. The maximum Gasteiger partial charge on any atom is 0.338 e. The van der Waals surface area contributed by atoms with Crippen LogP contribution in [-0.2, 0) is 9.47 Å². The Hall–Kier alpha value is -4.08. The molecule has 1 aliphatic rings. The van der Waals surface area contributed by atoms with Gasteiger partial charge in [0.1, 0.15) is 35.4 Å². The highest BCUT2D eigenvalue weighted by Crippen LogP contribution is 2.40. The van der Waals surface area contributed by atoms with Crippen LogP contribution in [0.25, 0.3) is 22.2 Å². The Balaban J connectivity index is 1.32. The molecule has 208 valence electrons. The third-order valence-electron chi connectivity index (χ3n) is 7.63. The smallest absolute Gasteiger partial charge is 0.338 e. The Morgan fingerprint density at radius 2 is 1.66 bits per heavy atom. The van der Waals surface area contributed by atoms with E-state index in [-0.39, 0.29) is 5.15 Å². The van der Waals surface area contributed by atoms with Crippen LogP contribution in [0.15, 0.2) is 91.4 Å². The van der Waals surface area contributed by atoms with Gasteiger partial charge in [-0.05, 0) is 59.9 Å². The summed E-state index contributed by atoms with van der Waals surface area (Å²) >= 11 is 6.21. The Morgan fingerprint density at radius 3 is 2.39 bits per heavy atom. The Bertz CT molecular complexity index is 1710. The Kier molecular flexibility index (Phi) is 7.32. The summed E-state index contributed by atoms with van der Waals surface area (Å²) in [5.41, 5.74) is 5.50. The van der Waals surface area contributed by atoms with Crippen LogP contribution >= 0.6 is 11.6 Å². The number of benzene rings is 3. The lowest BCUT2D eigenvalue weighted by Crippen LogP contribution is -2.36. The maximum atomic E-state index is 13.4. The van der Waals surface area contributed by atoms with E-state index in [1.807, 2.05) is 74.5 Å². The van der Waals surface area contributed by atoms with Crippen molar-refractivity contribution < 1.29 is 24.5 Å². The molecule has 0 amide bonds. The number of aryl methyl sites for hydroxylation is 2. The molecule has 3 aromatic carbocycles. The van der Waals surface area contributed by atoms with Gasteiger partial charge in [0.25, 0.3) is 0 Å². The summed E-state index contributed by atoms with van der Waals surface area (Å²) in [7, 11) is 0. The van der Waals surface area contributed by atoms with Crippen molar-refractivity contribution in [2.75, 3.05) is 0 Å². The van der Waals surface area contributed by atoms with Crippen molar-refractivity contribution in [3.63, 3.8) is 0 Å². The molecule has 8 nitrogen and oxygen atoms in total. The first-order valence-corrected chi connectivity index (χ1v) is 13.6. The molecule has 2 N–H and O–H groups in total. The van der Waals surface area contributed by atoms with Gasteiger partial charge in [-0.1, -0.05) is 72.3 Å². The van der Waals surface area contributed by atoms with Crippen molar-refractivity contribution in [2.24, 2.45) is 0 Å². The summed E-state index contributed by atoms with van der Waals surface area (Å²) in [6, 6.07) is 24.4.